The number of benzene rings is 2. The number of carbonyl (C=O) groups excluding carboxylic acids is 2. The van der Waals surface area contributed by atoms with Gasteiger partial charge in [-0.1, -0.05) is 57.2 Å². The number of aryl methyl sites for hydroxylation is 1. The van der Waals surface area contributed by atoms with E-state index in [0.29, 0.717) is 0 Å². The maximum absolute atomic E-state index is 13.3. The Balaban J connectivity index is 1.43. The van der Waals surface area contributed by atoms with Crippen LogP contribution in [0.3, 0.4) is 0 Å². The van der Waals surface area contributed by atoms with E-state index in [0.717, 1.165) is 56.4 Å². The number of carbonyl (C=O) groups is 2. The predicted molar refractivity (Wildman–Crippen MR) is 129 cm³/mol. The van der Waals surface area contributed by atoms with Crippen LogP contribution < -0.4 is 15.5 Å². The van der Waals surface area contributed by atoms with Gasteiger partial charge in [0, 0.05) is 30.2 Å². The summed E-state index contributed by atoms with van der Waals surface area (Å²) in [4.78, 5) is 27.9. The first kappa shape index (κ1) is 22.4. The number of anilines is 1. The number of fused-ring (bicyclic) bond motifs is 1. The highest BCUT2D eigenvalue weighted by Crippen LogP contribution is 2.31. The molecule has 2 aliphatic rings. The number of nitrogens with zero attached hydrogens (tertiary/aromatic N) is 1. The van der Waals surface area contributed by atoms with E-state index in [-0.39, 0.29) is 29.3 Å². The Bertz CT molecular complexity index is 971. The molecule has 2 aromatic carbocycles. The Morgan fingerprint density at radius 2 is 1.59 bits per heavy atom. The average molecular weight is 434 g/mol. The molecule has 0 bridgehead atoms. The van der Waals surface area contributed by atoms with Crippen molar-refractivity contribution in [3.63, 3.8) is 0 Å². The van der Waals surface area contributed by atoms with Crippen molar-refractivity contribution < 1.29 is 9.59 Å². The lowest BCUT2D eigenvalue weighted by Crippen LogP contribution is -2.48. The minimum atomic E-state index is -0.375. The number of para-hydroxylation sites is 1. The first-order valence-electron chi connectivity index (χ1n) is 11.9. The summed E-state index contributed by atoms with van der Waals surface area (Å²) < 4.78 is 0. The minimum Gasteiger partial charge on any atom is -0.371 e. The fourth-order valence-corrected chi connectivity index (χ4v) is 4.75. The number of amides is 2. The van der Waals surface area contributed by atoms with E-state index < -0.39 is 0 Å². The summed E-state index contributed by atoms with van der Waals surface area (Å²) in [6.07, 6.45) is 4.92. The van der Waals surface area contributed by atoms with Crippen LogP contribution in [0.25, 0.3) is 0 Å². The topological polar surface area (TPSA) is 61.4 Å². The number of rotatable bonds is 4. The van der Waals surface area contributed by atoms with Gasteiger partial charge in [-0.3, -0.25) is 9.59 Å². The van der Waals surface area contributed by atoms with Crippen LogP contribution in [0.5, 0.6) is 0 Å². The molecule has 0 radical (unpaired) electrons. The van der Waals surface area contributed by atoms with Crippen LogP contribution in [0, 0.1) is 5.41 Å². The second-order valence-electron chi connectivity index (χ2n) is 10.1. The summed E-state index contributed by atoms with van der Waals surface area (Å²) in [6.45, 7) is 7.47. The van der Waals surface area contributed by atoms with E-state index in [1.54, 1.807) is 0 Å². The van der Waals surface area contributed by atoms with E-state index in [4.69, 9.17) is 0 Å². The maximum atomic E-state index is 13.3. The van der Waals surface area contributed by atoms with Gasteiger partial charge in [-0.2, -0.15) is 0 Å². The van der Waals surface area contributed by atoms with E-state index in [1.807, 2.05) is 45.0 Å². The number of nitrogens with one attached hydrogen (secondary N) is 2. The Morgan fingerprint density at radius 3 is 2.34 bits per heavy atom. The van der Waals surface area contributed by atoms with E-state index in [2.05, 4.69) is 39.8 Å². The fraction of sp³-hybridized carbons (Fsp3) is 0.481. The fourth-order valence-electron chi connectivity index (χ4n) is 4.75. The molecule has 1 heterocycles. The second-order valence-corrected chi connectivity index (χ2v) is 10.1. The van der Waals surface area contributed by atoms with Crippen molar-refractivity contribution in [2.45, 2.75) is 65.0 Å². The first-order chi connectivity index (χ1) is 15.3. The van der Waals surface area contributed by atoms with Gasteiger partial charge in [0.2, 0.25) is 5.91 Å². The summed E-state index contributed by atoms with van der Waals surface area (Å²) in [5.41, 5.74) is 3.93. The molecular formula is C27H35N3O2. The van der Waals surface area contributed by atoms with Gasteiger partial charge >= 0.3 is 0 Å². The minimum absolute atomic E-state index is 0.00883. The zero-order valence-electron chi connectivity index (χ0n) is 19.5. The third-order valence-corrected chi connectivity index (χ3v) is 6.68. The molecule has 4 rings (SSSR count). The van der Waals surface area contributed by atoms with E-state index in [1.165, 1.54) is 11.1 Å². The van der Waals surface area contributed by atoms with Crippen molar-refractivity contribution in [2.75, 3.05) is 18.0 Å². The predicted octanol–water partition coefficient (Wildman–Crippen LogP) is 4.63. The molecule has 1 atom stereocenters. The van der Waals surface area contributed by atoms with Crippen LogP contribution in [0.2, 0.25) is 0 Å². The molecule has 5 nitrogen and oxygen atoms in total. The van der Waals surface area contributed by atoms with Gasteiger partial charge in [0.15, 0.2) is 0 Å². The molecule has 0 saturated carbocycles. The van der Waals surface area contributed by atoms with Gasteiger partial charge in [-0.05, 0) is 55.4 Å². The third-order valence-electron chi connectivity index (χ3n) is 6.68. The molecule has 1 aliphatic carbocycles. The Kier molecular flexibility index (Phi) is 6.54. The van der Waals surface area contributed by atoms with Crippen LogP contribution in [0.1, 0.15) is 74.0 Å². The van der Waals surface area contributed by atoms with Gasteiger partial charge < -0.3 is 15.5 Å². The Morgan fingerprint density at radius 1 is 0.906 bits per heavy atom. The summed E-state index contributed by atoms with van der Waals surface area (Å²) in [5.74, 6) is 0.0916. The number of hydrogen-bond acceptors (Lipinski definition) is 3. The van der Waals surface area contributed by atoms with Gasteiger partial charge in [0.1, 0.15) is 0 Å². The quantitative estimate of drug-likeness (QED) is 0.739. The smallest absolute Gasteiger partial charge is 0.253 e. The monoisotopic (exact) mass is 433 g/mol. The summed E-state index contributed by atoms with van der Waals surface area (Å²) in [5, 5.41) is 6.49. The SMILES string of the molecule is CC(C)(C)C(=O)NC1CCN(c2ccccc2C(=O)N[C@H]2CCCc3ccccc32)CC1. The molecule has 1 aliphatic heterocycles. The molecule has 2 N–H and O–H groups in total. The lowest BCUT2D eigenvalue weighted by atomic mass is 9.87. The highest BCUT2D eigenvalue weighted by Gasteiger charge is 2.28. The van der Waals surface area contributed by atoms with Crippen molar-refractivity contribution in [3.05, 3.63) is 65.2 Å². The first-order valence-corrected chi connectivity index (χ1v) is 11.9. The molecule has 32 heavy (non-hydrogen) atoms. The van der Waals surface area contributed by atoms with Crippen LogP contribution in [0.4, 0.5) is 5.69 Å². The van der Waals surface area contributed by atoms with Crippen LogP contribution >= 0.6 is 0 Å². The van der Waals surface area contributed by atoms with Crippen molar-refractivity contribution in [1.29, 1.82) is 0 Å². The summed E-state index contributed by atoms with van der Waals surface area (Å²) >= 11 is 0. The van der Waals surface area contributed by atoms with Crippen molar-refractivity contribution >= 4 is 17.5 Å². The van der Waals surface area contributed by atoms with Crippen LogP contribution in [-0.4, -0.2) is 30.9 Å². The molecule has 1 fully saturated rings. The molecule has 2 amide bonds. The zero-order chi connectivity index (χ0) is 22.7. The third kappa shape index (κ3) is 4.98. The van der Waals surface area contributed by atoms with Gasteiger partial charge in [-0.25, -0.2) is 0 Å². The molecule has 0 aromatic heterocycles. The molecule has 0 unspecified atom stereocenters. The standard InChI is InChI=1S/C27H35N3O2/c1-27(2,3)26(32)28-20-15-17-30(18-16-20)24-14-7-6-12-22(24)25(31)29-23-13-8-10-19-9-4-5-11-21(19)23/h4-7,9,11-12,14,20,23H,8,10,13,15-18H2,1-3H3,(H,28,32)(H,29,31)/t23-/m0/s1. The second kappa shape index (κ2) is 9.35. The molecule has 170 valence electrons. The summed E-state index contributed by atoms with van der Waals surface area (Å²) in [7, 11) is 0. The molecule has 0 spiro atoms. The molecule has 2 aromatic rings. The van der Waals surface area contributed by atoms with E-state index in [9.17, 15) is 9.59 Å². The van der Waals surface area contributed by atoms with Crippen molar-refractivity contribution in [2.24, 2.45) is 5.41 Å². The van der Waals surface area contributed by atoms with Crippen LogP contribution in [0.15, 0.2) is 48.5 Å². The highest BCUT2D eigenvalue weighted by atomic mass is 16.2. The lowest BCUT2D eigenvalue weighted by Gasteiger charge is -2.36. The van der Waals surface area contributed by atoms with Gasteiger partial charge in [0.05, 0.1) is 11.6 Å². The van der Waals surface area contributed by atoms with Gasteiger partial charge in [-0.15, -0.1) is 0 Å². The summed E-state index contributed by atoms with van der Waals surface area (Å²) in [6, 6.07) is 16.6. The van der Waals surface area contributed by atoms with Gasteiger partial charge in [0.25, 0.3) is 5.91 Å². The molecule has 5 heteroatoms. The Labute approximate surface area is 191 Å². The Hall–Kier alpha value is -2.82. The maximum Gasteiger partial charge on any atom is 0.253 e. The van der Waals surface area contributed by atoms with Crippen molar-refractivity contribution in [3.8, 4) is 0 Å². The molecular weight excluding hydrogens is 398 g/mol. The zero-order valence-corrected chi connectivity index (χ0v) is 19.5. The number of piperidine rings is 1. The largest absolute Gasteiger partial charge is 0.371 e. The lowest BCUT2D eigenvalue weighted by molar-refractivity contribution is -0.129. The number of hydrogen-bond donors (Lipinski definition) is 2. The van der Waals surface area contributed by atoms with Crippen molar-refractivity contribution in [1.82, 2.24) is 10.6 Å². The normalized spacial score (nSPS) is 19.2. The van der Waals surface area contributed by atoms with Crippen LogP contribution in [-0.2, 0) is 11.2 Å². The van der Waals surface area contributed by atoms with E-state index >= 15 is 0 Å². The highest BCUT2D eigenvalue weighted by molar-refractivity contribution is 6.00. The average Bonchev–Trinajstić information content (AvgIpc) is 2.79. The molecule has 1 saturated heterocycles.